The Kier molecular flexibility index (Phi) is 4.09. The van der Waals surface area contributed by atoms with Crippen LogP contribution in [0.25, 0.3) is 11.6 Å². The number of carbonyl (C=O) groups is 1. The largest absolute Gasteiger partial charge is 0.481 e. The molecular formula is C16H16N4O3. The molecule has 0 fully saturated rings. The highest BCUT2D eigenvalue weighted by molar-refractivity contribution is 5.92. The lowest BCUT2D eigenvalue weighted by molar-refractivity contribution is -0.122. The molecule has 3 aromatic rings. The lowest BCUT2D eigenvalue weighted by Crippen LogP contribution is -2.30. The standard InChI is InChI=1S/C16H16N4O3/c1-10-5-7-12(8-6-10)23-11(2)15(21)18-16-17-14(19-20-16)13-4-3-9-22-13/h3-9,11H,1-2H3,(H2,17,18,19,20,21)/t11-/m1/s1. The van der Waals surface area contributed by atoms with E-state index >= 15 is 0 Å². The summed E-state index contributed by atoms with van der Waals surface area (Å²) < 4.78 is 10.8. The van der Waals surface area contributed by atoms with Gasteiger partial charge in [0.2, 0.25) is 5.95 Å². The second-order valence-corrected chi connectivity index (χ2v) is 5.05. The Balaban J connectivity index is 1.61. The lowest BCUT2D eigenvalue weighted by Gasteiger charge is -2.13. The molecule has 0 unspecified atom stereocenters. The quantitative estimate of drug-likeness (QED) is 0.755. The molecule has 3 rings (SSSR count). The van der Waals surface area contributed by atoms with Gasteiger partial charge in [-0.25, -0.2) is 0 Å². The van der Waals surface area contributed by atoms with Crippen LogP contribution in [0.15, 0.2) is 47.1 Å². The number of rotatable bonds is 5. The Labute approximate surface area is 132 Å². The highest BCUT2D eigenvalue weighted by Gasteiger charge is 2.17. The zero-order chi connectivity index (χ0) is 16.2. The number of aromatic nitrogens is 3. The summed E-state index contributed by atoms with van der Waals surface area (Å²) >= 11 is 0. The molecule has 2 aromatic heterocycles. The van der Waals surface area contributed by atoms with Gasteiger partial charge >= 0.3 is 0 Å². The van der Waals surface area contributed by atoms with E-state index in [2.05, 4.69) is 20.5 Å². The van der Waals surface area contributed by atoms with Crippen molar-refractivity contribution in [3.8, 4) is 17.3 Å². The molecule has 1 aromatic carbocycles. The van der Waals surface area contributed by atoms with Gasteiger partial charge in [0.15, 0.2) is 17.7 Å². The molecule has 1 amide bonds. The van der Waals surface area contributed by atoms with Gasteiger partial charge in [-0.05, 0) is 38.1 Å². The normalized spacial score (nSPS) is 11.9. The first-order valence-electron chi connectivity index (χ1n) is 7.12. The molecule has 1 atom stereocenters. The van der Waals surface area contributed by atoms with Crippen LogP contribution in [0, 0.1) is 6.92 Å². The molecule has 2 heterocycles. The topological polar surface area (TPSA) is 93.0 Å². The van der Waals surface area contributed by atoms with E-state index in [4.69, 9.17) is 9.15 Å². The average molecular weight is 312 g/mol. The highest BCUT2D eigenvalue weighted by atomic mass is 16.5. The zero-order valence-corrected chi connectivity index (χ0v) is 12.7. The van der Waals surface area contributed by atoms with Crippen molar-refractivity contribution in [2.75, 3.05) is 5.32 Å². The minimum atomic E-state index is -0.678. The van der Waals surface area contributed by atoms with E-state index in [-0.39, 0.29) is 11.9 Å². The smallest absolute Gasteiger partial charge is 0.267 e. The van der Waals surface area contributed by atoms with Gasteiger partial charge in [-0.1, -0.05) is 17.7 Å². The maximum absolute atomic E-state index is 12.1. The zero-order valence-electron chi connectivity index (χ0n) is 12.7. The van der Waals surface area contributed by atoms with Crippen molar-refractivity contribution in [2.45, 2.75) is 20.0 Å². The van der Waals surface area contributed by atoms with Gasteiger partial charge in [-0.15, -0.1) is 5.10 Å². The Morgan fingerprint density at radius 2 is 2.09 bits per heavy atom. The van der Waals surface area contributed by atoms with Crippen molar-refractivity contribution in [2.24, 2.45) is 0 Å². The number of anilines is 1. The van der Waals surface area contributed by atoms with Gasteiger partial charge in [0.25, 0.3) is 5.91 Å². The average Bonchev–Trinajstić information content (AvgIpc) is 3.20. The number of aromatic amines is 1. The third kappa shape index (κ3) is 3.57. The van der Waals surface area contributed by atoms with Crippen LogP contribution in [0.2, 0.25) is 0 Å². The van der Waals surface area contributed by atoms with Gasteiger partial charge in [0.05, 0.1) is 6.26 Å². The molecule has 0 spiro atoms. The van der Waals surface area contributed by atoms with Crippen molar-refractivity contribution in [1.29, 1.82) is 0 Å². The van der Waals surface area contributed by atoms with Crippen LogP contribution in [0.4, 0.5) is 5.95 Å². The van der Waals surface area contributed by atoms with E-state index in [1.807, 2.05) is 31.2 Å². The molecule has 7 nitrogen and oxygen atoms in total. The van der Waals surface area contributed by atoms with Gasteiger partial charge in [-0.3, -0.25) is 15.2 Å². The molecule has 0 aliphatic heterocycles. The predicted molar refractivity (Wildman–Crippen MR) is 84.0 cm³/mol. The molecule has 0 bridgehead atoms. The Bertz CT molecular complexity index is 778. The summed E-state index contributed by atoms with van der Waals surface area (Å²) in [6.45, 7) is 3.65. The fraction of sp³-hybridized carbons (Fsp3) is 0.188. The molecule has 0 aliphatic carbocycles. The van der Waals surface area contributed by atoms with Crippen LogP contribution in [0.1, 0.15) is 12.5 Å². The van der Waals surface area contributed by atoms with Gasteiger partial charge in [-0.2, -0.15) is 4.98 Å². The second-order valence-electron chi connectivity index (χ2n) is 5.05. The maximum Gasteiger partial charge on any atom is 0.267 e. The van der Waals surface area contributed by atoms with Crippen LogP contribution in [0.3, 0.4) is 0 Å². The number of furan rings is 1. The van der Waals surface area contributed by atoms with Gasteiger partial charge in [0.1, 0.15) is 5.75 Å². The Hall–Kier alpha value is -3.09. The van der Waals surface area contributed by atoms with E-state index < -0.39 is 6.10 Å². The second kappa shape index (κ2) is 6.35. The van der Waals surface area contributed by atoms with Crippen molar-refractivity contribution < 1.29 is 13.9 Å². The number of hydrogen-bond acceptors (Lipinski definition) is 5. The van der Waals surface area contributed by atoms with E-state index in [0.29, 0.717) is 17.3 Å². The number of amides is 1. The third-order valence-corrected chi connectivity index (χ3v) is 3.18. The first-order chi connectivity index (χ1) is 11.1. The lowest BCUT2D eigenvalue weighted by atomic mass is 10.2. The molecular weight excluding hydrogens is 296 g/mol. The maximum atomic E-state index is 12.1. The molecule has 0 radical (unpaired) electrons. The molecule has 7 heteroatoms. The van der Waals surface area contributed by atoms with Crippen LogP contribution < -0.4 is 10.1 Å². The van der Waals surface area contributed by atoms with E-state index in [1.54, 1.807) is 19.1 Å². The summed E-state index contributed by atoms with van der Waals surface area (Å²) in [5.41, 5.74) is 1.13. The molecule has 0 saturated heterocycles. The number of benzene rings is 1. The monoisotopic (exact) mass is 312 g/mol. The Morgan fingerprint density at radius 1 is 1.30 bits per heavy atom. The summed E-state index contributed by atoms with van der Waals surface area (Å²) in [6.07, 6.45) is 0.858. The van der Waals surface area contributed by atoms with Crippen molar-refractivity contribution >= 4 is 11.9 Å². The fourth-order valence-corrected chi connectivity index (χ4v) is 1.93. The fourth-order valence-electron chi connectivity index (χ4n) is 1.93. The van der Waals surface area contributed by atoms with Crippen LogP contribution in [-0.4, -0.2) is 27.2 Å². The number of hydrogen-bond donors (Lipinski definition) is 2. The summed E-state index contributed by atoms with van der Waals surface area (Å²) in [5.74, 6) is 1.44. The van der Waals surface area contributed by atoms with Gasteiger partial charge in [0, 0.05) is 0 Å². The minimum Gasteiger partial charge on any atom is -0.481 e. The first-order valence-corrected chi connectivity index (χ1v) is 7.12. The molecule has 0 saturated carbocycles. The molecule has 0 aliphatic rings. The van der Waals surface area contributed by atoms with Crippen molar-refractivity contribution in [1.82, 2.24) is 15.2 Å². The van der Waals surface area contributed by atoms with Crippen molar-refractivity contribution in [3.63, 3.8) is 0 Å². The SMILES string of the molecule is Cc1ccc(O[C@H](C)C(=O)Nc2n[nH]c(-c3ccco3)n2)cc1. The number of aryl methyl sites for hydroxylation is 1. The van der Waals surface area contributed by atoms with Gasteiger partial charge < -0.3 is 9.15 Å². The number of nitrogens with zero attached hydrogens (tertiary/aromatic N) is 2. The van der Waals surface area contributed by atoms with E-state index in [1.165, 1.54) is 6.26 Å². The molecule has 23 heavy (non-hydrogen) atoms. The number of H-pyrrole nitrogens is 1. The summed E-state index contributed by atoms with van der Waals surface area (Å²) in [4.78, 5) is 16.3. The van der Waals surface area contributed by atoms with Crippen LogP contribution >= 0.6 is 0 Å². The number of nitrogens with one attached hydrogen (secondary N) is 2. The first kappa shape index (κ1) is 14.8. The van der Waals surface area contributed by atoms with E-state index in [9.17, 15) is 4.79 Å². The minimum absolute atomic E-state index is 0.167. The summed E-state index contributed by atoms with van der Waals surface area (Å²) in [7, 11) is 0. The molecule has 2 N–H and O–H groups in total. The Morgan fingerprint density at radius 3 is 2.78 bits per heavy atom. The summed E-state index contributed by atoms with van der Waals surface area (Å²) in [5, 5.41) is 9.22. The third-order valence-electron chi connectivity index (χ3n) is 3.18. The number of ether oxygens (including phenoxy) is 1. The summed E-state index contributed by atoms with van der Waals surface area (Å²) in [6, 6.07) is 11.0. The highest BCUT2D eigenvalue weighted by Crippen LogP contribution is 2.17. The predicted octanol–water partition coefficient (Wildman–Crippen LogP) is 2.78. The number of carbonyl (C=O) groups excluding carboxylic acids is 1. The van der Waals surface area contributed by atoms with Crippen LogP contribution in [0.5, 0.6) is 5.75 Å². The van der Waals surface area contributed by atoms with E-state index in [0.717, 1.165) is 5.56 Å². The van der Waals surface area contributed by atoms with Crippen LogP contribution in [-0.2, 0) is 4.79 Å². The van der Waals surface area contributed by atoms with Crippen molar-refractivity contribution in [3.05, 3.63) is 48.2 Å². The molecule has 118 valence electrons.